The van der Waals surface area contributed by atoms with Crippen molar-refractivity contribution in [3.05, 3.63) is 0 Å². The molecule has 0 aliphatic heterocycles. The summed E-state index contributed by atoms with van der Waals surface area (Å²) < 4.78 is 11.7. The van der Waals surface area contributed by atoms with Crippen molar-refractivity contribution < 1.29 is 4.39 Å². The number of rotatable bonds is 2. The third-order valence-electron chi connectivity index (χ3n) is 1.09. The first-order chi connectivity index (χ1) is 3.68. The number of nitriles is 1. The maximum absolute atomic E-state index is 11.7. The summed E-state index contributed by atoms with van der Waals surface area (Å²) in [6.45, 7) is 0.919. The molecule has 2 nitrogen and oxygen atoms in total. The van der Waals surface area contributed by atoms with Gasteiger partial charge in [0.2, 0.25) is 0 Å². The Bertz CT molecular complexity index is 101. The lowest BCUT2D eigenvalue weighted by molar-refractivity contribution is 0.360. The van der Waals surface area contributed by atoms with Gasteiger partial charge < -0.3 is 5.73 Å². The van der Waals surface area contributed by atoms with Gasteiger partial charge in [-0.15, -0.1) is 0 Å². The van der Waals surface area contributed by atoms with Crippen LogP contribution in [-0.4, -0.2) is 12.2 Å². The molecule has 1 unspecified atom stereocenters. The van der Waals surface area contributed by atoms with Crippen LogP contribution in [0.15, 0.2) is 0 Å². The topological polar surface area (TPSA) is 49.8 Å². The predicted molar refractivity (Wildman–Crippen MR) is 28.8 cm³/mol. The smallest absolute Gasteiger partial charge is 0.132 e. The summed E-state index contributed by atoms with van der Waals surface area (Å²) >= 11 is 0. The van der Waals surface area contributed by atoms with E-state index in [-0.39, 0.29) is 0 Å². The lowest BCUT2D eigenvalue weighted by Gasteiger charge is -2.12. The molecule has 1 atom stereocenters. The van der Waals surface area contributed by atoms with Crippen molar-refractivity contribution >= 4 is 0 Å². The van der Waals surface area contributed by atoms with Gasteiger partial charge in [-0.3, -0.25) is 0 Å². The highest BCUT2D eigenvalue weighted by Crippen LogP contribution is 2.03. The molecule has 3 heteroatoms. The van der Waals surface area contributed by atoms with E-state index in [1.807, 2.05) is 0 Å². The summed E-state index contributed by atoms with van der Waals surface area (Å²) in [5.74, 6) is 0. The molecule has 0 saturated heterocycles. The minimum absolute atomic E-state index is 0.361. The zero-order chi connectivity index (χ0) is 6.62. The Balaban J connectivity index is 3.83. The Morgan fingerprint density at radius 1 is 1.88 bits per heavy atom. The van der Waals surface area contributed by atoms with Crippen LogP contribution in [0.2, 0.25) is 0 Å². The molecular formula is C5H9FN2. The van der Waals surface area contributed by atoms with E-state index in [0.717, 1.165) is 0 Å². The lowest BCUT2D eigenvalue weighted by Crippen LogP contribution is -2.39. The summed E-state index contributed by atoms with van der Waals surface area (Å²) in [6, 6.07) is 1.68. The van der Waals surface area contributed by atoms with Gasteiger partial charge in [-0.1, -0.05) is 6.92 Å². The maximum atomic E-state index is 11.7. The molecule has 0 amide bonds. The Morgan fingerprint density at radius 2 is 2.38 bits per heavy atom. The molecule has 0 aromatic rings. The molecule has 46 valence electrons. The van der Waals surface area contributed by atoms with Crippen LogP contribution in [-0.2, 0) is 0 Å². The highest BCUT2D eigenvalue weighted by atomic mass is 19.1. The number of halogens is 1. The standard InChI is InChI=1S/C5H9FN2/c1-2-5(8,3-6)4-7/h2-3,8H2,1H3. The van der Waals surface area contributed by atoms with Gasteiger partial charge in [-0.2, -0.15) is 5.26 Å². The molecule has 0 heterocycles. The van der Waals surface area contributed by atoms with Gasteiger partial charge in [0, 0.05) is 0 Å². The zero-order valence-electron chi connectivity index (χ0n) is 4.82. The molecule has 0 aliphatic rings. The van der Waals surface area contributed by atoms with Gasteiger partial charge in [0.1, 0.15) is 12.2 Å². The van der Waals surface area contributed by atoms with Gasteiger partial charge >= 0.3 is 0 Å². The average molecular weight is 116 g/mol. The Labute approximate surface area is 48.1 Å². The van der Waals surface area contributed by atoms with Crippen LogP contribution in [0.4, 0.5) is 4.39 Å². The molecule has 0 spiro atoms. The van der Waals surface area contributed by atoms with E-state index in [4.69, 9.17) is 11.0 Å². The summed E-state index contributed by atoms with van der Waals surface area (Å²) in [7, 11) is 0. The van der Waals surface area contributed by atoms with Crippen molar-refractivity contribution in [3.63, 3.8) is 0 Å². The third kappa shape index (κ3) is 1.47. The fraction of sp³-hybridized carbons (Fsp3) is 0.800. The van der Waals surface area contributed by atoms with E-state index in [0.29, 0.717) is 6.42 Å². The van der Waals surface area contributed by atoms with Crippen LogP contribution < -0.4 is 5.73 Å². The van der Waals surface area contributed by atoms with Crippen LogP contribution in [0.3, 0.4) is 0 Å². The fourth-order valence-electron chi connectivity index (χ4n) is 0.203. The molecule has 0 bridgehead atoms. The Morgan fingerprint density at radius 3 is 2.38 bits per heavy atom. The van der Waals surface area contributed by atoms with E-state index < -0.39 is 12.2 Å². The lowest BCUT2D eigenvalue weighted by atomic mass is 10.0. The normalized spacial score (nSPS) is 16.8. The van der Waals surface area contributed by atoms with Gasteiger partial charge in [0.25, 0.3) is 0 Å². The number of nitrogens with zero attached hydrogens (tertiary/aromatic N) is 1. The largest absolute Gasteiger partial charge is 0.311 e. The van der Waals surface area contributed by atoms with Crippen molar-refractivity contribution in [2.24, 2.45) is 5.73 Å². The highest BCUT2D eigenvalue weighted by Gasteiger charge is 2.20. The van der Waals surface area contributed by atoms with Crippen LogP contribution in [0.5, 0.6) is 0 Å². The minimum atomic E-state index is -1.24. The SMILES string of the molecule is CCC(N)(C#N)CF. The molecule has 0 radical (unpaired) electrons. The van der Waals surface area contributed by atoms with Gasteiger partial charge in [0.15, 0.2) is 0 Å². The second kappa shape index (κ2) is 2.63. The Kier molecular flexibility index (Phi) is 2.43. The summed E-state index contributed by atoms with van der Waals surface area (Å²) in [4.78, 5) is 0. The Hall–Kier alpha value is -0.620. The van der Waals surface area contributed by atoms with Crippen LogP contribution in [0, 0.1) is 11.3 Å². The molecule has 0 saturated carbocycles. The molecular weight excluding hydrogens is 107 g/mol. The summed E-state index contributed by atoms with van der Waals surface area (Å²) in [5.41, 5.74) is 3.92. The van der Waals surface area contributed by atoms with Crippen LogP contribution >= 0.6 is 0 Å². The van der Waals surface area contributed by atoms with E-state index in [9.17, 15) is 4.39 Å². The minimum Gasteiger partial charge on any atom is -0.311 e. The van der Waals surface area contributed by atoms with Crippen molar-refractivity contribution in [1.82, 2.24) is 0 Å². The van der Waals surface area contributed by atoms with Crippen LogP contribution in [0.1, 0.15) is 13.3 Å². The first kappa shape index (κ1) is 7.38. The number of nitrogens with two attached hydrogens (primary N) is 1. The molecule has 0 aliphatic carbocycles. The maximum Gasteiger partial charge on any atom is 0.132 e. The molecule has 8 heavy (non-hydrogen) atoms. The van der Waals surface area contributed by atoms with Crippen molar-refractivity contribution in [2.75, 3.05) is 6.67 Å². The van der Waals surface area contributed by atoms with E-state index in [1.54, 1.807) is 13.0 Å². The van der Waals surface area contributed by atoms with Crippen molar-refractivity contribution in [3.8, 4) is 6.07 Å². The van der Waals surface area contributed by atoms with E-state index in [1.165, 1.54) is 0 Å². The third-order valence-corrected chi connectivity index (χ3v) is 1.09. The second-order valence-electron chi connectivity index (χ2n) is 1.76. The van der Waals surface area contributed by atoms with Gasteiger partial charge in [-0.25, -0.2) is 4.39 Å². The molecule has 0 aromatic heterocycles. The number of alkyl halides is 1. The van der Waals surface area contributed by atoms with E-state index >= 15 is 0 Å². The molecule has 2 N–H and O–H groups in total. The molecule has 0 aromatic carbocycles. The number of hydrogen-bond acceptors (Lipinski definition) is 2. The molecule has 0 fully saturated rings. The van der Waals surface area contributed by atoms with Crippen molar-refractivity contribution in [1.29, 1.82) is 5.26 Å². The number of hydrogen-bond donors (Lipinski definition) is 1. The predicted octanol–water partition coefficient (Wildman–Crippen LogP) is 0.587. The average Bonchev–Trinajstić information content (AvgIpc) is 1.87. The fourth-order valence-corrected chi connectivity index (χ4v) is 0.203. The summed E-state index contributed by atoms with van der Waals surface area (Å²) in [5, 5.41) is 8.17. The highest BCUT2D eigenvalue weighted by molar-refractivity contribution is 5.03. The van der Waals surface area contributed by atoms with E-state index in [2.05, 4.69) is 0 Å². The van der Waals surface area contributed by atoms with Gasteiger partial charge in [0.05, 0.1) is 6.07 Å². The van der Waals surface area contributed by atoms with Crippen molar-refractivity contribution in [2.45, 2.75) is 18.9 Å². The monoisotopic (exact) mass is 116 g/mol. The van der Waals surface area contributed by atoms with Gasteiger partial charge in [-0.05, 0) is 6.42 Å². The summed E-state index contributed by atoms with van der Waals surface area (Å²) in [6.07, 6.45) is 0.361. The first-order valence-corrected chi connectivity index (χ1v) is 2.44. The second-order valence-corrected chi connectivity index (χ2v) is 1.76. The zero-order valence-corrected chi connectivity index (χ0v) is 4.82. The van der Waals surface area contributed by atoms with Crippen LogP contribution in [0.25, 0.3) is 0 Å². The first-order valence-electron chi connectivity index (χ1n) is 2.44. The quantitative estimate of drug-likeness (QED) is 0.574. The molecule has 0 rings (SSSR count).